The smallest absolute Gasteiger partial charge is 0.0780 e. The summed E-state index contributed by atoms with van der Waals surface area (Å²) in [4.78, 5) is 0. The van der Waals surface area contributed by atoms with Crippen molar-refractivity contribution < 1.29 is 14.6 Å². The summed E-state index contributed by atoms with van der Waals surface area (Å²) in [5.41, 5.74) is 0.648. The summed E-state index contributed by atoms with van der Waals surface area (Å²) in [5.74, 6) is 0. The Morgan fingerprint density at radius 1 is 1.30 bits per heavy atom. The van der Waals surface area contributed by atoms with Gasteiger partial charge in [-0.3, -0.25) is 0 Å². The molecule has 2 atom stereocenters. The van der Waals surface area contributed by atoms with E-state index in [0.717, 1.165) is 18.5 Å². The molecule has 0 aliphatic carbocycles. The molecule has 0 saturated carbocycles. The maximum absolute atomic E-state index is 9.89. The van der Waals surface area contributed by atoms with Crippen LogP contribution in [0.2, 0.25) is 0 Å². The second kappa shape index (κ2) is 9.08. The lowest BCUT2D eigenvalue weighted by Gasteiger charge is -2.34. The molecule has 0 aromatic heterocycles. The van der Waals surface area contributed by atoms with Gasteiger partial charge < -0.3 is 19.9 Å². The van der Waals surface area contributed by atoms with E-state index in [9.17, 15) is 5.11 Å². The van der Waals surface area contributed by atoms with Crippen molar-refractivity contribution in [3.05, 3.63) is 35.9 Å². The molecule has 114 valence electrons. The minimum atomic E-state index is -0.442. The summed E-state index contributed by atoms with van der Waals surface area (Å²) >= 11 is 0. The van der Waals surface area contributed by atoms with Crippen LogP contribution in [0.25, 0.3) is 0 Å². The molecule has 0 aliphatic rings. The molecule has 0 fully saturated rings. The predicted molar refractivity (Wildman–Crippen MR) is 80.8 cm³/mol. The normalized spacial score (nSPS) is 15.8. The summed E-state index contributed by atoms with van der Waals surface area (Å²) < 4.78 is 10.8. The molecule has 0 amide bonds. The molecule has 0 aliphatic heterocycles. The van der Waals surface area contributed by atoms with Crippen LogP contribution in [0.4, 0.5) is 0 Å². The molecule has 2 unspecified atom stereocenters. The van der Waals surface area contributed by atoms with E-state index in [-0.39, 0.29) is 12.7 Å². The molecule has 0 heterocycles. The first-order valence-electron chi connectivity index (χ1n) is 7.20. The molecule has 1 rings (SSSR count). The van der Waals surface area contributed by atoms with Crippen molar-refractivity contribution in [3.63, 3.8) is 0 Å². The molecular weight excluding hydrogens is 254 g/mol. The van der Waals surface area contributed by atoms with Crippen LogP contribution < -0.4 is 5.32 Å². The fourth-order valence-electron chi connectivity index (χ4n) is 2.37. The summed E-state index contributed by atoms with van der Waals surface area (Å²) in [6.45, 7) is 6.03. The van der Waals surface area contributed by atoms with E-state index >= 15 is 0 Å². The van der Waals surface area contributed by atoms with Crippen LogP contribution in [0.5, 0.6) is 0 Å². The topological polar surface area (TPSA) is 50.7 Å². The number of rotatable bonds is 10. The number of methoxy groups -OCH3 is 1. The van der Waals surface area contributed by atoms with Crippen LogP contribution in [0.15, 0.2) is 30.3 Å². The second-order valence-electron chi connectivity index (χ2n) is 5.02. The van der Waals surface area contributed by atoms with E-state index < -0.39 is 5.54 Å². The average Bonchev–Trinajstić information content (AvgIpc) is 2.47. The third-order valence-electron chi connectivity index (χ3n) is 3.44. The maximum atomic E-state index is 9.89. The molecule has 0 bridgehead atoms. The Labute approximate surface area is 122 Å². The monoisotopic (exact) mass is 281 g/mol. The zero-order valence-electron chi connectivity index (χ0n) is 12.8. The van der Waals surface area contributed by atoms with Gasteiger partial charge in [0.1, 0.15) is 0 Å². The van der Waals surface area contributed by atoms with Crippen molar-refractivity contribution in [2.45, 2.75) is 31.9 Å². The molecule has 20 heavy (non-hydrogen) atoms. The van der Waals surface area contributed by atoms with Crippen molar-refractivity contribution in [1.29, 1.82) is 0 Å². The van der Waals surface area contributed by atoms with Crippen LogP contribution in [0.3, 0.4) is 0 Å². The van der Waals surface area contributed by atoms with Crippen LogP contribution >= 0.6 is 0 Å². The molecule has 4 heteroatoms. The van der Waals surface area contributed by atoms with Gasteiger partial charge in [0, 0.05) is 13.7 Å². The molecular formula is C16H27NO3. The van der Waals surface area contributed by atoms with Crippen molar-refractivity contribution in [3.8, 4) is 0 Å². The lowest BCUT2D eigenvalue weighted by molar-refractivity contribution is -0.00523. The first-order valence-corrected chi connectivity index (χ1v) is 7.20. The van der Waals surface area contributed by atoms with Crippen molar-refractivity contribution in [2.75, 3.05) is 33.5 Å². The highest BCUT2D eigenvalue weighted by Gasteiger charge is 2.30. The summed E-state index contributed by atoms with van der Waals surface area (Å²) in [7, 11) is 1.67. The van der Waals surface area contributed by atoms with E-state index in [4.69, 9.17) is 9.47 Å². The van der Waals surface area contributed by atoms with Gasteiger partial charge in [-0.2, -0.15) is 0 Å². The average molecular weight is 281 g/mol. The van der Waals surface area contributed by atoms with Gasteiger partial charge in [0.25, 0.3) is 0 Å². The van der Waals surface area contributed by atoms with Gasteiger partial charge in [0.15, 0.2) is 0 Å². The van der Waals surface area contributed by atoms with Gasteiger partial charge in [-0.05, 0) is 25.5 Å². The van der Waals surface area contributed by atoms with E-state index in [0.29, 0.717) is 13.2 Å². The van der Waals surface area contributed by atoms with Crippen LogP contribution in [-0.4, -0.2) is 44.7 Å². The van der Waals surface area contributed by atoms with Gasteiger partial charge in [-0.25, -0.2) is 0 Å². The van der Waals surface area contributed by atoms with E-state index in [1.807, 2.05) is 44.2 Å². The van der Waals surface area contributed by atoms with Crippen LogP contribution in [0.1, 0.15) is 25.8 Å². The highest BCUT2D eigenvalue weighted by molar-refractivity contribution is 5.24. The molecule has 2 N–H and O–H groups in total. The van der Waals surface area contributed by atoms with Gasteiger partial charge >= 0.3 is 0 Å². The fraction of sp³-hybridized carbons (Fsp3) is 0.625. The molecule has 0 saturated heterocycles. The Balaban J connectivity index is 2.69. The number of aliphatic hydroxyl groups is 1. The fourth-order valence-corrected chi connectivity index (χ4v) is 2.37. The summed E-state index contributed by atoms with van der Waals surface area (Å²) in [5, 5.41) is 13.3. The third kappa shape index (κ3) is 4.87. The number of benzene rings is 1. The lowest BCUT2D eigenvalue weighted by atomic mass is 9.87. The van der Waals surface area contributed by atoms with E-state index in [1.54, 1.807) is 7.11 Å². The number of hydrogen-bond donors (Lipinski definition) is 2. The SMILES string of the molecule is CCNC(CO)(CCOC(C)COC)c1ccccc1. The number of ether oxygens (including phenoxy) is 2. The Morgan fingerprint density at radius 2 is 2.00 bits per heavy atom. The number of likely N-dealkylation sites (N-methyl/N-ethyl adjacent to an activating group) is 1. The van der Waals surface area contributed by atoms with Crippen LogP contribution in [-0.2, 0) is 15.0 Å². The Bertz CT molecular complexity index is 358. The molecule has 1 aromatic rings. The molecule has 0 spiro atoms. The third-order valence-corrected chi connectivity index (χ3v) is 3.44. The second-order valence-corrected chi connectivity index (χ2v) is 5.02. The maximum Gasteiger partial charge on any atom is 0.0780 e. The number of aliphatic hydroxyl groups excluding tert-OH is 1. The highest BCUT2D eigenvalue weighted by Crippen LogP contribution is 2.25. The zero-order valence-corrected chi connectivity index (χ0v) is 12.8. The van der Waals surface area contributed by atoms with Gasteiger partial charge in [-0.1, -0.05) is 37.3 Å². The first-order chi connectivity index (χ1) is 9.68. The van der Waals surface area contributed by atoms with Gasteiger partial charge in [0.05, 0.1) is 24.9 Å². The first kappa shape index (κ1) is 17.1. The Kier molecular flexibility index (Phi) is 7.77. The standard InChI is InChI=1S/C16H27NO3/c1-4-17-16(13-18,15-8-6-5-7-9-15)10-11-20-14(2)12-19-3/h5-9,14,17-18H,4,10-13H2,1-3H3. The van der Waals surface area contributed by atoms with Crippen molar-refractivity contribution in [1.82, 2.24) is 5.32 Å². The van der Waals surface area contributed by atoms with Gasteiger partial charge in [-0.15, -0.1) is 0 Å². The molecule has 1 aromatic carbocycles. The summed E-state index contributed by atoms with van der Waals surface area (Å²) in [6.07, 6.45) is 0.781. The van der Waals surface area contributed by atoms with Crippen molar-refractivity contribution in [2.24, 2.45) is 0 Å². The number of hydrogen-bond acceptors (Lipinski definition) is 4. The van der Waals surface area contributed by atoms with E-state index in [2.05, 4.69) is 5.32 Å². The summed E-state index contributed by atoms with van der Waals surface area (Å²) in [6, 6.07) is 10.0. The molecule has 0 radical (unpaired) electrons. The van der Waals surface area contributed by atoms with E-state index in [1.165, 1.54) is 0 Å². The molecule has 4 nitrogen and oxygen atoms in total. The Morgan fingerprint density at radius 3 is 2.55 bits per heavy atom. The number of nitrogens with one attached hydrogen (secondary N) is 1. The van der Waals surface area contributed by atoms with Crippen molar-refractivity contribution >= 4 is 0 Å². The minimum absolute atomic E-state index is 0.0485. The predicted octanol–water partition coefficient (Wildman–Crippen LogP) is 1.93. The zero-order chi connectivity index (χ0) is 14.8. The quantitative estimate of drug-likeness (QED) is 0.688. The highest BCUT2D eigenvalue weighted by atomic mass is 16.5. The minimum Gasteiger partial charge on any atom is -0.394 e. The van der Waals surface area contributed by atoms with Crippen LogP contribution in [0, 0.1) is 0 Å². The lowest BCUT2D eigenvalue weighted by Crippen LogP contribution is -2.46. The Hall–Kier alpha value is -0.940. The largest absolute Gasteiger partial charge is 0.394 e. The van der Waals surface area contributed by atoms with Gasteiger partial charge in [0.2, 0.25) is 0 Å².